The summed E-state index contributed by atoms with van der Waals surface area (Å²) >= 11 is 0. The van der Waals surface area contributed by atoms with Crippen molar-refractivity contribution in [3.8, 4) is 0 Å². The second-order valence-corrected chi connectivity index (χ2v) is 7.35. The summed E-state index contributed by atoms with van der Waals surface area (Å²) in [5.41, 5.74) is 1.60. The molecule has 0 aromatic carbocycles. The van der Waals surface area contributed by atoms with Crippen molar-refractivity contribution in [2.75, 3.05) is 6.61 Å². The van der Waals surface area contributed by atoms with Crippen LogP contribution in [0.25, 0.3) is 0 Å². The molecule has 1 amide bonds. The summed E-state index contributed by atoms with van der Waals surface area (Å²) in [5.74, 6) is 0.413. The third-order valence-electron chi connectivity index (χ3n) is 5.27. The van der Waals surface area contributed by atoms with Gasteiger partial charge in [-0.05, 0) is 44.2 Å². The van der Waals surface area contributed by atoms with E-state index in [-0.39, 0.29) is 24.7 Å². The van der Waals surface area contributed by atoms with Gasteiger partial charge in [0.2, 0.25) is 0 Å². The Bertz CT molecular complexity index is 762. The zero-order chi connectivity index (χ0) is 18.6. The summed E-state index contributed by atoms with van der Waals surface area (Å²) in [6.45, 7) is 0.624. The Balaban J connectivity index is 1.27. The number of aliphatic hydroxyl groups excluding tert-OH is 1. The number of aromatic nitrogens is 4. The van der Waals surface area contributed by atoms with Gasteiger partial charge in [-0.2, -0.15) is 0 Å². The molecule has 0 spiro atoms. The average Bonchev–Trinajstić information content (AvgIpc) is 3.46. The van der Waals surface area contributed by atoms with Crippen LogP contribution < -0.4 is 5.32 Å². The SMILES string of the molecule is O=C(N[C@@H]1CC[C@@H](CCn2cc(C3CC3)nn2)O[C@@H]1CO)c1cccnc1. The number of aliphatic hydroxyl groups is 1. The molecule has 3 atom stereocenters. The maximum atomic E-state index is 12.3. The van der Waals surface area contributed by atoms with E-state index in [0.29, 0.717) is 11.5 Å². The lowest BCUT2D eigenvalue weighted by Gasteiger charge is -2.36. The summed E-state index contributed by atoms with van der Waals surface area (Å²) in [5, 5.41) is 21.1. The molecule has 2 N–H and O–H groups in total. The number of ether oxygens (including phenoxy) is 1. The number of rotatable bonds is 7. The smallest absolute Gasteiger partial charge is 0.253 e. The van der Waals surface area contributed by atoms with Crippen LogP contribution in [0.5, 0.6) is 0 Å². The highest BCUT2D eigenvalue weighted by Gasteiger charge is 2.32. The number of pyridine rings is 1. The highest BCUT2D eigenvalue weighted by Crippen LogP contribution is 2.38. The van der Waals surface area contributed by atoms with Gasteiger partial charge in [0.25, 0.3) is 5.91 Å². The van der Waals surface area contributed by atoms with Crippen LogP contribution >= 0.6 is 0 Å². The number of aryl methyl sites for hydroxylation is 1. The van der Waals surface area contributed by atoms with Crippen molar-refractivity contribution in [2.45, 2.75) is 62.8 Å². The lowest BCUT2D eigenvalue weighted by molar-refractivity contribution is -0.0912. The van der Waals surface area contributed by atoms with E-state index >= 15 is 0 Å². The van der Waals surface area contributed by atoms with E-state index in [0.717, 1.165) is 31.5 Å². The lowest BCUT2D eigenvalue weighted by Crippen LogP contribution is -2.51. The number of carbonyl (C=O) groups is 1. The van der Waals surface area contributed by atoms with Gasteiger partial charge in [0, 0.05) is 31.1 Å². The molecule has 2 aromatic heterocycles. The molecule has 27 heavy (non-hydrogen) atoms. The molecule has 8 nitrogen and oxygen atoms in total. The van der Waals surface area contributed by atoms with Crippen molar-refractivity contribution in [1.29, 1.82) is 0 Å². The fourth-order valence-corrected chi connectivity index (χ4v) is 3.52. The number of nitrogens with one attached hydrogen (secondary N) is 1. The van der Waals surface area contributed by atoms with Crippen molar-refractivity contribution in [1.82, 2.24) is 25.3 Å². The fourth-order valence-electron chi connectivity index (χ4n) is 3.52. The van der Waals surface area contributed by atoms with Crippen LogP contribution in [-0.2, 0) is 11.3 Å². The summed E-state index contributed by atoms with van der Waals surface area (Å²) in [4.78, 5) is 16.3. The first kappa shape index (κ1) is 18.1. The molecule has 144 valence electrons. The van der Waals surface area contributed by atoms with Gasteiger partial charge in [0.05, 0.1) is 30.0 Å². The maximum Gasteiger partial charge on any atom is 0.253 e. The molecule has 2 fully saturated rings. The molecule has 0 radical (unpaired) electrons. The zero-order valence-corrected chi connectivity index (χ0v) is 15.2. The Morgan fingerprint density at radius 3 is 2.96 bits per heavy atom. The molecular weight excluding hydrogens is 346 g/mol. The van der Waals surface area contributed by atoms with Crippen LogP contribution in [0, 0.1) is 0 Å². The Hall–Kier alpha value is -2.32. The normalized spacial score (nSPS) is 25.3. The number of hydrogen-bond donors (Lipinski definition) is 2. The predicted molar refractivity (Wildman–Crippen MR) is 97.1 cm³/mol. The van der Waals surface area contributed by atoms with Gasteiger partial charge in [-0.15, -0.1) is 5.10 Å². The molecule has 1 saturated carbocycles. The Kier molecular flexibility index (Phi) is 5.45. The van der Waals surface area contributed by atoms with E-state index in [1.807, 2.05) is 10.9 Å². The van der Waals surface area contributed by atoms with Crippen LogP contribution in [0.3, 0.4) is 0 Å². The Labute approximate surface area is 157 Å². The van der Waals surface area contributed by atoms with Crippen LogP contribution in [-0.4, -0.2) is 55.8 Å². The minimum absolute atomic E-state index is 0.0438. The van der Waals surface area contributed by atoms with Gasteiger partial charge in [-0.1, -0.05) is 5.21 Å². The fraction of sp³-hybridized carbons (Fsp3) is 0.579. The first-order valence-corrected chi connectivity index (χ1v) is 9.60. The standard InChI is InChI=1S/C19H25N5O3/c25-12-18-16(21-19(26)14-2-1-8-20-10-14)6-5-15(27-18)7-9-24-11-17(22-23-24)13-3-4-13/h1-2,8,10-11,13,15-16,18,25H,3-7,9,12H2,(H,21,26)/t15-,16+,18+/m0/s1. The van der Waals surface area contributed by atoms with Gasteiger partial charge in [-0.25, -0.2) is 0 Å². The van der Waals surface area contributed by atoms with Gasteiger partial charge in [0.15, 0.2) is 0 Å². The Morgan fingerprint density at radius 2 is 2.22 bits per heavy atom. The minimum atomic E-state index is -0.401. The first-order chi connectivity index (χ1) is 13.2. The largest absolute Gasteiger partial charge is 0.394 e. The highest BCUT2D eigenvalue weighted by atomic mass is 16.5. The van der Waals surface area contributed by atoms with E-state index in [9.17, 15) is 9.90 Å². The molecule has 8 heteroatoms. The average molecular weight is 371 g/mol. The van der Waals surface area contributed by atoms with Crippen LogP contribution in [0.15, 0.2) is 30.7 Å². The summed E-state index contributed by atoms with van der Waals surface area (Å²) in [7, 11) is 0. The molecule has 4 rings (SSSR count). The van der Waals surface area contributed by atoms with Gasteiger partial charge in [-0.3, -0.25) is 14.5 Å². The summed E-state index contributed by atoms with van der Waals surface area (Å²) in [6.07, 6.45) is 9.68. The third-order valence-corrected chi connectivity index (χ3v) is 5.27. The second-order valence-electron chi connectivity index (χ2n) is 7.35. The quantitative estimate of drug-likeness (QED) is 0.760. The van der Waals surface area contributed by atoms with Crippen molar-refractivity contribution in [3.63, 3.8) is 0 Å². The summed E-state index contributed by atoms with van der Waals surface area (Å²) in [6, 6.07) is 3.24. The monoisotopic (exact) mass is 371 g/mol. The second kappa shape index (κ2) is 8.14. The molecular formula is C19H25N5O3. The van der Waals surface area contributed by atoms with Crippen molar-refractivity contribution in [2.24, 2.45) is 0 Å². The Morgan fingerprint density at radius 1 is 1.33 bits per heavy atom. The van der Waals surface area contributed by atoms with E-state index in [2.05, 4.69) is 20.6 Å². The number of hydrogen-bond acceptors (Lipinski definition) is 6. The molecule has 1 aliphatic heterocycles. The maximum absolute atomic E-state index is 12.3. The third kappa shape index (κ3) is 4.51. The van der Waals surface area contributed by atoms with Crippen LogP contribution in [0.2, 0.25) is 0 Å². The lowest BCUT2D eigenvalue weighted by atomic mass is 9.97. The van der Waals surface area contributed by atoms with E-state index in [1.165, 1.54) is 19.0 Å². The van der Waals surface area contributed by atoms with E-state index in [1.54, 1.807) is 18.3 Å². The molecule has 2 aromatic rings. The van der Waals surface area contributed by atoms with Crippen molar-refractivity contribution in [3.05, 3.63) is 42.0 Å². The van der Waals surface area contributed by atoms with Gasteiger partial charge >= 0.3 is 0 Å². The number of carbonyl (C=O) groups excluding carboxylic acids is 1. The first-order valence-electron chi connectivity index (χ1n) is 9.60. The van der Waals surface area contributed by atoms with E-state index in [4.69, 9.17) is 4.74 Å². The van der Waals surface area contributed by atoms with Gasteiger partial charge in [0.1, 0.15) is 6.10 Å². The highest BCUT2D eigenvalue weighted by molar-refractivity contribution is 5.94. The molecule has 1 aliphatic carbocycles. The molecule has 2 aliphatic rings. The predicted octanol–water partition coefficient (Wildman–Crippen LogP) is 1.28. The molecule has 3 heterocycles. The summed E-state index contributed by atoms with van der Waals surface area (Å²) < 4.78 is 7.91. The van der Waals surface area contributed by atoms with Crippen LogP contribution in [0.1, 0.15) is 54.1 Å². The van der Waals surface area contributed by atoms with Crippen LogP contribution in [0.4, 0.5) is 0 Å². The van der Waals surface area contributed by atoms with Crippen molar-refractivity contribution >= 4 is 5.91 Å². The topological polar surface area (TPSA) is 102 Å². The number of amides is 1. The zero-order valence-electron chi connectivity index (χ0n) is 15.2. The molecule has 0 unspecified atom stereocenters. The molecule has 0 bridgehead atoms. The van der Waals surface area contributed by atoms with E-state index < -0.39 is 6.10 Å². The minimum Gasteiger partial charge on any atom is -0.394 e. The van der Waals surface area contributed by atoms with Gasteiger partial charge < -0.3 is 15.2 Å². The molecule has 1 saturated heterocycles. The van der Waals surface area contributed by atoms with Crippen molar-refractivity contribution < 1.29 is 14.6 Å². The number of nitrogens with zero attached hydrogens (tertiary/aromatic N) is 4.